The van der Waals surface area contributed by atoms with Gasteiger partial charge in [0.2, 0.25) is 0 Å². The van der Waals surface area contributed by atoms with Crippen LogP contribution in [-0.4, -0.2) is 35.7 Å². The monoisotopic (exact) mass is 153 g/mol. The van der Waals surface area contributed by atoms with Crippen LogP contribution in [0.3, 0.4) is 0 Å². The lowest BCUT2D eigenvalue weighted by Crippen LogP contribution is -2.38. The third-order valence-electron chi connectivity index (χ3n) is 2.05. The summed E-state index contributed by atoms with van der Waals surface area (Å²) in [6.07, 6.45) is 7.87. The maximum atomic E-state index is 9.29. The first-order valence-electron chi connectivity index (χ1n) is 4.17. The van der Waals surface area contributed by atoms with Crippen LogP contribution in [0.5, 0.6) is 0 Å². The van der Waals surface area contributed by atoms with Crippen LogP contribution in [0.25, 0.3) is 0 Å². The highest BCUT2D eigenvalue weighted by Gasteiger charge is 2.16. The molecule has 1 unspecified atom stereocenters. The molecule has 1 atom stereocenters. The van der Waals surface area contributed by atoms with Gasteiger partial charge in [-0.2, -0.15) is 0 Å². The summed E-state index contributed by atoms with van der Waals surface area (Å²) in [5.74, 6) is 2.61. The van der Waals surface area contributed by atoms with E-state index in [0.29, 0.717) is 0 Å². The highest BCUT2D eigenvalue weighted by molar-refractivity contribution is 4.85. The minimum Gasteiger partial charge on any atom is -0.392 e. The standard InChI is InChI=1S/C9H15NO/c1-2-3-6-10-7-4-5-9(11)8-10/h1,9,11H,3-8H2. The summed E-state index contributed by atoms with van der Waals surface area (Å²) in [7, 11) is 0. The van der Waals surface area contributed by atoms with Gasteiger partial charge in [0.15, 0.2) is 0 Å². The number of hydrogen-bond donors (Lipinski definition) is 1. The van der Waals surface area contributed by atoms with Crippen molar-refractivity contribution in [3.63, 3.8) is 0 Å². The molecule has 0 radical (unpaired) electrons. The lowest BCUT2D eigenvalue weighted by atomic mass is 10.1. The van der Waals surface area contributed by atoms with Gasteiger partial charge in [-0.05, 0) is 19.4 Å². The van der Waals surface area contributed by atoms with E-state index in [-0.39, 0.29) is 6.10 Å². The van der Waals surface area contributed by atoms with E-state index in [0.717, 1.165) is 38.9 Å². The van der Waals surface area contributed by atoms with E-state index in [1.165, 1.54) is 0 Å². The van der Waals surface area contributed by atoms with Crippen LogP contribution in [0.1, 0.15) is 19.3 Å². The molecule has 1 heterocycles. The zero-order valence-corrected chi connectivity index (χ0v) is 6.79. The predicted molar refractivity (Wildman–Crippen MR) is 45.1 cm³/mol. The van der Waals surface area contributed by atoms with Gasteiger partial charge in [-0.3, -0.25) is 4.90 Å². The van der Waals surface area contributed by atoms with Crippen molar-refractivity contribution in [2.24, 2.45) is 0 Å². The molecule has 1 aliphatic rings. The molecule has 1 fully saturated rings. The Balaban J connectivity index is 2.18. The maximum Gasteiger partial charge on any atom is 0.0667 e. The zero-order chi connectivity index (χ0) is 8.10. The number of aliphatic hydroxyl groups is 1. The molecule has 0 spiro atoms. The van der Waals surface area contributed by atoms with Crippen LogP contribution in [0.15, 0.2) is 0 Å². The fourth-order valence-electron chi connectivity index (χ4n) is 1.46. The largest absolute Gasteiger partial charge is 0.392 e. The maximum absolute atomic E-state index is 9.29. The normalized spacial score (nSPS) is 26.4. The molecule has 0 aromatic rings. The smallest absolute Gasteiger partial charge is 0.0667 e. The van der Waals surface area contributed by atoms with Crippen LogP contribution in [0, 0.1) is 12.3 Å². The molecule has 0 saturated carbocycles. The number of rotatable bonds is 2. The molecule has 0 bridgehead atoms. The van der Waals surface area contributed by atoms with Crippen molar-refractivity contribution in [2.45, 2.75) is 25.4 Å². The Morgan fingerprint density at radius 1 is 1.64 bits per heavy atom. The molecule has 1 rings (SSSR count). The molecule has 0 aliphatic carbocycles. The lowest BCUT2D eigenvalue weighted by Gasteiger charge is -2.29. The average molecular weight is 153 g/mol. The first-order chi connectivity index (χ1) is 5.33. The molecule has 1 saturated heterocycles. The molecule has 2 heteroatoms. The first-order valence-corrected chi connectivity index (χ1v) is 4.17. The minimum atomic E-state index is -0.124. The van der Waals surface area contributed by atoms with Crippen LogP contribution in [0.2, 0.25) is 0 Å². The lowest BCUT2D eigenvalue weighted by molar-refractivity contribution is 0.0720. The molecule has 11 heavy (non-hydrogen) atoms. The zero-order valence-electron chi connectivity index (χ0n) is 6.79. The number of likely N-dealkylation sites (tertiary alicyclic amines) is 1. The van der Waals surface area contributed by atoms with Gasteiger partial charge in [-0.1, -0.05) is 0 Å². The Morgan fingerprint density at radius 3 is 3.09 bits per heavy atom. The van der Waals surface area contributed by atoms with E-state index in [1.807, 2.05) is 0 Å². The molecule has 1 aliphatic heterocycles. The van der Waals surface area contributed by atoms with Crippen molar-refractivity contribution in [3.05, 3.63) is 0 Å². The molecule has 1 N–H and O–H groups in total. The molecule has 0 aromatic heterocycles. The number of terminal acetylenes is 1. The summed E-state index contributed by atoms with van der Waals surface area (Å²) in [5, 5.41) is 9.29. The number of nitrogens with zero attached hydrogens (tertiary/aromatic N) is 1. The topological polar surface area (TPSA) is 23.5 Å². The van der Waals surface area contributed by atoms with Gasteiger partial charge in [0.25, 0.3) is 0 Å². The minimum absolute atomic E-state index is 0.124. The fourth-order valence-corrected chi connectivity index (χ4v) is 1.46. The second-order valence-corrected chi connectivity index (χ2v) is 3.05. The van der Waals surface area contributed by atoms with E-state index in [1.54, 1.807) is 0 Å². The summed E-state index contributed by atoms with van der Waals surface area (Å²) in [5.41, 5.74) is 0. The Kier molecular flexibility index (Phi) is 3.41. The van der Waals surface area contributed by atoms with Crippen LogP contribution in [0.4, 0.5) is 0 Å². The van der Waals surface area contributed by atoms with Crippen LogP contribution in [-0.2, 0) is 0 Å². The SMILES string of the molecule is C#CCCN1CCCC(O)C1. The highest BCUT2D eigenvalue weighted by atomic mass is 16.3. The Morgan fingerprint density at radius 2 is 2.45 bits per heavy atom. The van der Waals surface area contributed by atoms with E-state index in [4.69, 9.17) is 6.42 Å². The van der Waals surface area contributed by atoms with Gasteiger partial charge in [0, 0.05) is 19.5 Å². The van der Waals surface area contributed by atoms with Gasteiger partial charge >= 0.3 is 0 Å². The number of aliphatic hydroxyl groups excluding tert-OH is 1. The van der Waals surface area contributed by atoms with Gasteiger partial charge < -0.3 is 5.11 Å². The molecule has 2 nitrogen and oxygen atoms in total. The van der Waals surface area contributed by atoms with E-state index >= 15 is 0 Å². The molecular formula is C9H15NO. The summed E-state index contributed by atoms with van der Waals surface area (Å²) < 4.78 is 0. The first kappa shape index (κ1) is 8.58. The van der Waals surface area contributed by atoms with Crippen molar-refractivity contribution in [1.29, 1.82) is 0 Å². The predicted octanol–water partition coefficient (Wildman–Crippen LogP) is 0.466. The van der Waals surface area contributed by atoms with Gasteiger partial charge in [0.05, 0.1) is 6.10 Å². The summed E-state index contributed by atoms with van der Waals surface area (Å²) in [6, 6.07) is 0. The van der Waals surface area contributed by atoms with Crippen molar-refractivity contribution < 1.29 is 5.11 Å². The third kappa shape index (κ3) is 2.92. The average Bonchev–Trinajstić information content (AvgIpc) is 2.01. The fraction of sp³-hybridized carbons (Fsp3) is 0.778. The third-order valence-corrected chi connectivity index (χ3v) is 2.05. The molecule has 0 amide bonds. The van der Waals surface area contributed by atoms with Gasteiger partial charge in [0.1, 0.15) is 0 Å². The van der Waals surface area contributed by atoms with Crippen molar-refractivity contribution in [1.82, 2.24) is 4.90 Å². The van der Waals surface area contributed by atoms with Crippen molar-refractivity contribution in [3.8, 4) is 12.3 Å². The number of piperidine rings is 1. The van der Waals surface area contributed by atoms with Crippen molar-refractivity contribution >= 4 is 0 Å². The molecule has 0 aromatic carbocycles. The van der Waals surface area contributed by atoms with Crippen LogP contribution >= 0.6 is 0 Å². The van der Waals surface area contributed by atoms with E-state index < -0.39 is 0 Å². The summed E-state index contributed by atoms with van der Waals surface area (Å²) in [6.45, 7) is 2.84. The van der Waals surface area contributed by atoms with Crippen molar-refractivity contribution in [2.75, 3.05) is 19.6 Å². The Labute approximate surface area is 68.2 Å². The van der Waals surface area contributed by atoms with Gasteiger partial charge in [-0.15, -0.1) is 12.3 Å². The summed E-state index contributed by atoms with van der Waals surface area (Å²) in [4.78, 5) is 2.23. The number of β-amino-alcohol motifs (C(OH)–C–C–N with tert-alkyl or cyclic N) is 1. The Bertz CT molecular complexity index is 150. The molecule has 62 valence electrons. The van der Waals surface area contributed by atoms with Crippen LogP contribution < -0.4 is 0 Å². The van der Waals surface area contributed by atoms with Gasteiger partial charge in [-0.25, -0.2) is 0 Å². The quantitative estimate of drug-likeness (QED) is 0.583. The van der Waals surface area contributed by atoms with E-state index in [9.17, 15) is 5.11 Å². The number of hydrogen-bond acceptors (Lipinski definition) is 2. The Hall–Kier alpha value is -0.520. The van der Waals surface area contributed by atoms with E-state index in [2.05, 4.69) is 10.8 Å². The second-order valence-electron chi connectivity index (χ2n) is 3.05. The molecular weight excluding hydrogens is 138 g/mol. The second kappa shape index (κ2) is 4.38. The summed E-state index contributed by atoms with van der Waals surface area (Å²) >= 11 is 0. The highest BCUT2D eigenvalue weighted by Crippen LogP contribution is 2.09.